The van der Waals surface area contributed by atoms with Crippen molar-refractivity contribution in [3.63, 3.8) is 0 Å². The predicted molar refractivity (Wildman–Crippen MR) is 93.3 cm³/mol. The molecule has 0 fully saturated rings. The minimum Gasteiger partial charge on any atom is -0.372 e. The quantitative estimate of drug-likeness (QED) is 0.865. The van der Waals surface area contributed by atoms with Crippen LogP contribution in [0.1, 0.15) is 25.8 Å². The van der Waals surface area contributed by atoms with Crippen molar-refractivity contribution < 1.29 is 9.18 Å². The van der Waals surface area contributed by atoms with Crippen molar-refractivity contribution in [1.82, 2.24) is 0 Å². The molecule has 1 N–H and O–H groups in total. The molecule has 0 unspecified atom stereocenters. The zero-order chi connectivity index (χ0) is 16.8. The molecule has 4 heteroatoms. The van der Waals surface area contributed by atoms with Gasteiger partial charge in [0.25, 0.3) is 0 Å². The second-order valence-electron chi connectivity index (χ2n) is 5.93. The van der Waals surface area contributed by atoms with Crippen LogP contribution in [-0.4, -0.2) is 19.0 Å². The topological polar surface area (TPSA) is 32.3 Å². The lowest BCUT2D eigenvalue weighted by Crippen LogP contribution is -2.25. The summed E-state index contributed by atoms with van der Waals surface area (Å²) in [6.45, 7) is 4.24. The van der Waals surface area contributed by atoms with Crippen LogP contribution in [0.4, 0.5) is 15.8 Å². The zero-order valence-electron chi connectivity index (χ0n) is 13.8. The normalized spacial score (nSPS) is 10.7. The van der Waals surface area contributed by atoms with Crippen molar-refractivity contribution in [2.75, 3.05) is 17.3 Å². The first-order valence-electron chi connectivity index (χ1n) is 7.83. The van der Waals surface area contributed by atoms with E-state index in [-0.39, 0.29) is 11.7 Å². The van der Waals surface area contributed by atoms with Crippen LogP contribution in [0.25, 0.3) is 0 Å². The molecule has 0 aromatic heterocycles. The standard InChI is InChI=1S/C19H23FN2O/c1-14(2)22(3)18-6-4-5-17(13-18)21-19(23)12-9-15-7-10-16(20)11-8-15/h4-8,10-11,13-14H,9,12H2,1-3H3,(H,21,23). The zero-order valence-corrected chi connectivity index (χ0v) is 13.8. The van der Waals surface area contributed by atoms with E-state index in [0.29, 0.717) is 18.9 Å². The smallest absolute Gasteiger partial charge is 0.224 e. The molecule has 0 aliphatic carbocycles. The fourth-order valence-electron chi connectivity index (χ4n) is 2.23. The minimum atomic E-state index is -0.260. The van der Waals surface area contributed by atoms with Gasteiger partial charge in [-0.2, -0.15) is 0 Å². The number of hydrogen-bond acceptors (Lipinski definition) is 2. The van der Waals surface area contributed by atoms with Crippen LogP contribution in [0.5, 0.6) is 0 Å². The number of anilines is 2. The number of hydrogen-bond donors (Lipinski definition) is 1. The molecule has 0 bridgehead atoms. The second kappa shape index (κ2) is 7.77. The third kappa shape index (κ3) is 5.09. The average molecular weight is 314 g/mol. The molecule has 23 heavy (non-hydrogen) atoms. The highest BCUT2D eigenvalue weighted by molar-refractivity contribution is 5.91. The number of rotatable bonds is 6. The molecule has 2 rings (SSSR count). The summed E-state index contributed by atoms with van der Waals surface area (Å²) in [6, 6.07) is 14.4. The molecule has 0 aliphatic heterocycles. The Labute approximate surface area is 137 Å². The molecule has 3 nitrogen and oxygen atoms in total. The van der Waals surface area contributed by atoms with Crippen molar-refractivity contribution in [2.45, 2.75) is 32.7 Å². The lowest BCUT2D eigenvalue weighted by molar-refractivity contribution is -0.116. The molecule has 122 valence electrons. The molecular formula is C19H23FN2O. The van der Waals surface area contributed by atoms with Gasteiger partial charge >= 0.3 is 0 Å². The summed E-state index contributed by atoms with van der Waals surface area (Å²) in [4.78, 5) is 14.2. The van der Waals surface area contributed by atoms with E-state index in [4.69, 9.17) is 0 Å². The molecule has 0 saturated carbocycles. The summed E-state index contributed by atoms with van der Waals surface area (Å²) in [7, 11) is 2.03. The molecule has 1 amide bonds. The molecular weight excluding hydrogens is 291 g/mol. The van der Waals surface area contributed by atoms with E-state index in [1.807, 2.05) is 31.3 Å². The Hall–Kier alpha value is -2.36. The molecule has 0 spiro atoms. The maximum Gasteiger partial charge on any atom is 0.224 e. The largest absolute Gasteiger partial charge is 0.372 e. The highest BCUT2D eigenvalue weighted by Gasteiger charge is 2.07. The van der Waals surface area contributed by atoms with Crippen molar-refractivity contribution >= 4 is 17.3 Å². The van der Waals surface area contributed by atoms with Gasteiger partial charge in [-0.1, -0.05) is 18.2 Å². The van der Waals surface area contributed by atoms with E-state index in [1.54, 1.807) is 12.1 Å². The van der Waals surface area contributed by atoms with Gasteiger partial charge in [0, 0.05) is 30.9 Å². The first kappa shape index (κ1) is 17.0. The maximum atomic E-state index is 12.8. The van der Waals surface area contributed by atoms with Gasteiger partial charge in [0.15, 0.2) is 0 Å². The highest BCUT2D eigenvalue weighted by Crippen LogP contribution is 2.20. The Morgan fingerprint density at radius 1 is 1.17 bits per heavy atom. The lowest BCUT2D eigenvalue weighted by atomic mass is 10.1. The van der Waals surface area contributed by atoms with Gasteiger partial charge in [-0.25, -0.2) is 4.39 Å². The molecule has 0 radical (unpaired) electrons. The van der Waals surface area contributed by atoms with Crippen LogP contribution in [0.3, 0.4) is 0 Å². The minimum absolute atomic E-state index is 0.0429. The summed E-state index contributed by atoms with van der Waals surface area (Å²) in [5, 5.41) is 2.92. The Morgan fingerprint density at radius 2 is 1.87 bits per heavy atom. The molecule has 2 aromatic rings. The Morgan fingerprint density at radius 3 is 2.52 bits per heavy atom. The molecule has 0 aliphatic rings. The van der Waals surface area contributed by atoms with E-state index in [1.165, 1.54) is 12.1 Å². The third-order valence-corrected chi connectivity index (χ3v) is 3.87. The van der Waals surface area contributed by atoms with Crippen molar-refractivity contribution in [3.05, 3.63) is 59.9 Å². The van der Waals surface area contributed by atoms with Gasteiger partial charge < -0.3 is 10.2 Å². The van der Waals surface area contributed by atoms with Crippen LogP contribution in [0.15, 0.2) is 48.5 Å². The van der Waals surface area contributed by atoms with Crippen LogP contribution >= 0.6 is 0 Å². The number of carbonyl (C=O) groups excluding carboxylic acids is 1. The molecule has 0 saturated heterocycles. The van der Waals surface area contributed by atoms with Gasteiger partial charge in [0.1, 0.15) is 5.82 Å². The number of benzene rings is 2. The van der Waals surface area contributed by atoms with E-state index in [2.05, 4.69) is 24.1 Å². The fraction of sp³-hybridized carbons (Fsp3) is 0.316. The summed E-state index contributed by atoms with van der Waals surface area (Å²) >= 11 is 0. The maximum absolute atomic E-state index is 12.8. The van der Waals surface area contributed by atoms with Gasteiger partial charge in [-0.3, -0.25) is 4.79 Å². The number of amides is 1. The van der Waals surface area contributed by atoms with Gasteiger partial charge in [0.2, 0.25) is 5.91 Å². The number of nitrogens with zero attached hydrogens (tertiary/aromatic N) is 1. The van der Waals surface area contributed by atoms with Crippen LogP contribution in [0, 0.1) is 5.82 Å². The van der Waals surface area contributed by atoms with Crippen molar-refractivity contribution in [2.24, 2.45) is 0 Å². The first-order valence-corrected chi connectivity index (χ1v) is 7.83. The van der Waals surface area contributed by atoms with Gasteiger partial charge in [-0.15, -0.1) is 0 Å². The second-order valence-corrected chi connectivity index (χ2v) is 5.93. The lowest BCUT2D eigenvalue weighted by Gasteiger charge is -2.24. The van der Waals surface area contributed by atoms with E-state index >= 15 is 0 Å². The SMILES string of the molecule is CC(C)N(C)c1cccc(NC(=O)CCc2ccc(F)cc2)c1. The first-order chi connectivity index (χ1) is 11.0. The molecule has 0 atom stereocenters. The summed E-state index contributed by atoms with van der Waals surface area (Å²) in [6.07, 6.45) is 0.966. The average Bonchev–Trinajstić information content (AvgIpc) is 2.53. The summed E-state index contributed by atoms with van der Waals surface area (Å²) in [5.41, 5.74) is 2.81. The summed E-state index contributed by atoms with van der Waals surface area (Å²) in [5.74, 6) is -0.303. The fourth-order valence-corrected chi connectivity index (χ4v) is 2.23. The van der Waals surface area contributed by atoms with Crippen LogP contribution in [-0.2, 0) is 11.2 Å². The third-order valence-electron chi connectivity index (χ3n) is 3.87. The van der Waals surface area contributed by atoms with E-state index in [9.17, 15) is 9.18 Å². The summed E-state index contributed by atoms with van der Waals surface area (Å²) < 4.78 is 12.8. The van der Waals surface area contributed by atoms with Gasteiger partial charge in [-0.05, 0) is 56.2 Å². The monoisotopic (exact) mass is 314 g/mol. The van der Waals surface area contributed by atoms with E-state index in [0.717, 1.165) is 16.9 Å². The highest BCUT2D eigenvalue weighted by atomic mass is 19.1. The number of halogens is 1. The van der Waals surface area contributed by atoms with Crippen LogP contribution in [0.2, 0.25) is 0 Å². The predicted octanol–water partition coefficient (Wildman–Crippen LogP) is 4.24. The number of carbonyl (C=O) groups is 1. The van der Waals surface area contributed by atoms with Crippen molar-refractivity contribution in [3.8, 4) is 0 Å². The van der Waals surface area contributed by atoms with Gasteiger partial charge in [0.05, 0.1) is 0 Å². The van der Waals surface area contributed by atoms with E-state index < -0.39 is 0 Å². The Bertz CT molecular complexity index is 653. The Kier molecular flexibility index (Phi) is 5.74. The van der Waals surface area contributed by atoms with Crippen LogP contribution < -0.4 is 10.2 Å². The number of nitrogens with one attached hydrogen (secondary N) is 1. The Balaban J connectivity index is 1.92. The molecule has 2 aromatic carbocycles. The number of aryl methyl sites for hydroxylation is 1. The molecule has 0 heterocycles. The van der Waals surface area contributed by atoms with Crippen molar-refractivity contribution in [1.29, 1.82) is 0 Å².